The number of hydrogen-bond donors (Lipinski definition) is 0. The molecule has 2 heterocycles. The molecule has 1 aromatic carbocycles. The van der Waals surface area contributed by atoms with Crippen LogP contribution >= 0.6 is 11.8 Å². The van der Waals surface area contributed by atoms with E-state index in [1.807, 2.05) is 26.0 Å². The lowest BCUT2D eigenvalue weighted by molar-refractivity contribution is -0.138. The molecule has 3 amide bonds. The van der Waals surface area contributed by atoms with Crippen LogP contribution in [0.2, 0.25) is 0 Å². The van der Waals surface area contributed by atoms with E-state index in [0.29, 0.717) is 11.4 Å². The molecule has 6 nitrogen and oxygen atoms in total. The first-order valence-corrected chi connectivity index (χ1v) is 11.3. The first-order chi connectivity index (χ1) is 14.2. The molecule has 0 spiro atoms. The zero-order valence-electron chi connectivity index (χ0n) is 18.4. The van der Waals surface area contributed by atoms with Gasteiger partial charge in [-0.3, -0.25) is 19.3 Å². The molecular formula is C23H30N2O4S. The topological polar surface area (TPSA) is 66.9 Å². The summed E-state index contributed by atoms with van der Waals surface area (Å²) in [6.45, 7) is 8.63. The predicted molar refractivity (Wildman–Crippen MR) is 120 cm³/mol. The Hall–Kier alpha value is -2.28. The SMILES string of the molecule is COc1cc(C)c(/C=C2\SC(=O)N(CC(=O)N3CCCC[C@H]3C)C2=O)cc1C(C)C. The number of carbonyl (C=O) groups excluding carboxylic acids is 3. The van der Waals surface area contributed by atoms with Crippen molar-refractivity contribution in [3.63, 3.8) is 0 Å². The molecule has 0 aliphatic carbocycles. The van der Waals surface area contributed by atoms with Gasteiger partial charge in [0.25, 0.3) is 11.1 Å². The highest BCUT2D eigenvalue weighted by Gasteiger charge is 2.38. The van der Waals surface area contributed by atoms with Crippen molar-refractivity contribution in [1.82, 2.24) is 9.80 Å². The lowest BCUT2D eigenvalue weighted by Gasteiger charge is -2.34. The van der Waals surface area contributed by atoms with E-state index in [1.54, 1.807) is 18.1 Å². The third kappa shape index (κ3) is 4.56. The summed E-state index contributed by atoms with van der Waals surface area (Å²) in [6, 6.07) is 4.11. The zero-order valence-corrected chi connectivity index (χ0v) is 19.2. The summed E-state index contributed by atoms with van der Waals surface area (Å²) in [5.41, 5.74) is 2.88. The van der Waals surface area contributed by atoms with Gasteiger partial charge in [-0.1, -0.05) is 13.8 Å². The second kappa shape index (κ2) is 9.25. The van der Waals surface area contributed by atoms with Crippen LogP contribution in [0.3, 0.4) is 0 Å². The minimum absolute atomic E-state index is 0.151. The fourth-order valence-corrected chi connectivity index (χ4v) is 4.80. The molecular weight excluding hydrogens is 400 g/mol. The van der Waals surface area contributed by atoms with Crippen molar-refractivity contribution in [2.75, 3.05) is 20.2 Å². The van der Waals surface area contributed by atoms with Gasteiger partial charge in [0.05, 0.1) is 12.0 Å². The van der Waals surface area contributed by atoms with Crippen LogP contribution in [-0.2, 0) is 9.59 Å². The van der Waals surface area contributed by atoms with E-state index in [-0.39, 0.29) is 29.7 Å². The van der Waals surface area contributed by atoms with E-state index in [0.717, 1.165) is 58.4 Å². The fourth-order valence-electron chi connectivity index (χ4n) is 3.97. The second-order valence-corrected chi connectivity index (χ2v) is 9.30. The van der Waals surface area contributed by atoms with E-state index < -0.39 is 5.91 Å². The van der Waals surface area contributed by atoms with Crippen LogP contribution in [0.25, 0.3) is 6.08 Å². The Morgan fingerprint density at radius 1 is 1.30 bits per heavy atom. The number of hydrogen-bond acceptors (Lipinski definition) is 5. The third-order valence-electron chi connectivity index (χ3n) is 5.82. The highest BCUT2D eigenvalue weighted by Crippen LogP contribution is 2.35. The number of benzene rings is 1. The van der Waals surface area contributed by atoms with Gasteiger partial charge in [0, 0.05) is 12.6 Å². The summed E-state index contributed by atoms with van der Waals surface area (Å²) in [7, 11) is 1.64. The summed E-state index contributed by atoms with van der Waals surface area (Å²) in [5.74, 6) is 0.513. The zero-order chi connectivity index (χ0) is 22.0. The Morgan fingerprint density at radius 2 is 2.03 bits per heavy atom. The number of thioether (sulfide) groups is 1. The number of ether oxygens (including phenoxy) is 1. The van der Waals surface area contributed by atoms with Crippen LogP contribution in [0.4, 0.5) is 4.79 Å². The van der Waals surface area contributed by atoms with Crippen LogP contribution in [-0.4, -0.2) is 53.1 Å². The first-order valence-electron chi connectivity index (χ1n) is 10.5. The van der Waals surface area contributed by atoms with Crippen LogP contribution in [0.5, 0.6) is 5.75 Å². The maximum atomic E-state index is 12.9. The molecule has 7 heteroatoms. The first kappa shape index (κ1) is 22.4. The number of aryl methyl sites for hydroxylation is 1. The number of amides is 3. The normalized spacial score (nSPS) is 21.1. The van der Waals surface area contributed by atoms with Crippen molar-refractivity contribution in [2.24, 2.45) is 0 Å². The van der Waals surface area contributed by atoms with Crippen LogP contribution < -0.4 is 4.74 Å². The molecule has 1 aromatic rings. The predicted octanol–water partition coefficient (Wildman–Crippen LogP) is 4.56. The standard InChI is InChI=1S/C23H30N2O4S/c1-14(2)18-11-17(15(3)10-19(18)29-5)12-20-22(27)25(23(28)30-20)13-21(26)24-9-7-6-8-16(24)4/h10-12,14,16H,6-9,13H2,1-5H3/b20-12-/t16-/m1/s1. The molecule has 0 unspecified atom stereocenters. The van der Waals surface area contributed by atoms with Gasteiger partial charge < -0.3 is 9.64 Å². The van der Waals surface area contributed by atoms with Gasteiger partial charge in [0.1, 0.15) is 12.3 Å². The average molecular weight is 431 g/mol. The molecule has 30 heavy (non-hydrogen) atoms. The van der Waals surface area contributed by atoms with E-state index in [2.05, 4.69) is 13.8 Å². The molecule has 2 aliphatic heterocycles. The average Bonchev–Trinajstić information content (AvgIpc) is 2.96. The molecule has 2 fully saturated rings. The lowest BCUT2D eigenvalue weighted by atomic mass is 9.96. The molecule has 3 rings (SSSR count). The van der Waals surface area contributed by atoms with Gasteiger partial charge in [-0.15, -0.1) is 0 Å². The van der Waals surface area contributed by atoms with Crippen molar-refractivity contribution < 1.29 is 19.1 Å². The molecule has 0 aromatic heterocycles. The maximum Gasteiger partial charge on any atom is 0.294 e. The maximum absolute atomic E-state index is 12.9. The molecule has 2 aliphatic rings. The van der Waals surface area contributed by atoms with Crippen molar-refractivity contribution in [1.29, 1.82) is 0 Å². The van der Waals surface area contributed by atoms with E-state index in [4.69, 9.17) is 4.74 Å². The molecule has 0 radical (unpaired) electrons. The molecule has 0 N–H and O–H groups in total. The van der Waals surface area contributed by atoms with Crippen molar-refractivity contribution >= 4 is 34.9 Å². The molecule has 0 saturated carbocycles. The number of carbonyl (C=O) groups is 3. The van der Waals surface area contributed by atoms with Gasteiger partial charge >= 0.3 is 0 Å². The van der Waals surface area contributed by atoms with Crippen molar-refractivity contribution in [3.05, 3.63) is 33.7 Å². The number of likely N-dealkylation sites (tertiary alicyclic amines) is 1. The number of nitrogens with zero attached hydrogens (tertiary/aromatic N) is 2. The van der Waals surface area contributed by atoms with Crippen molar-refractivity contribution in [3.8, 4) is 5.75 Å². The summed E-state index contributed by atoms with van der Waals surface area (Å²) in [5, 5.41) is -0.389. The van der Waals surface area contributed by atoms with E-state index in [9.17, 15) is 14.4 Å². The number of imide groups is 1. The van der Waals surface area contributed by atoms with Crippen LogP contribution in [0.15, 0.2) is 17.0 Å². The van der Waals surface area contributed by atoms with E-state index in [1.165, 1.54) is 0 Å². The third-order valence-corrected chi connectivity index (χ3v) is 6.72. The largest absolute Gasteiger partial charge is 0.496 e. The van der Waals surface area contributed by atoms with Crippen LogP contribution in [0.1, 0.15) is 62.6 Å². The van der Waals surface area contributed by atoms with Gasteiger partial charge in [0.2, 0.25) is 5.91 Å². The number of piperidine rings is 1. The van der Waals surface area contributed by atoms with Gasteiger partial charge in [-0.05, 0) is 85.7 Å². The Bertz CT molecular complexity index is 893. The van der Waals surface area contributed by atoms with E-state index >= 15 is 0 Å². The highest BCUT2D eigenvalue weighted by molar-refractivity contribution is 8.18. The Kier molecular flexibility index (Phi) is 6.91. The molecule has 162 valence electrons. The summed E-state index contributed by atoms with van der Waals surface area (Å²) in [4.78, 5) is 41.3. The van der Waals surface area contributed by atoms with Gasteiger partial charge in [-0.2, -0.15) is 0 Å². The minimum Gasteiger partial charge on any atom is -0.496 e. The monoisotopic (exact) mass is 430 g/mol. The van der Waals surface area contributed by atoms with Crippen LogP contribution in [0, 0.1) is 6.92 Å². The highest BCUT2D eigenvalue weighted by atomic mass is 32.2. The van der Waals surface area contributed by atoms with Gasteiger partial charge in [0.15, 0.2) is 0 Å². The Morgan fingerprint density at radius 3 is 2.67 bits per heavy atom. The van der Waals surface area contributed by atoms with Crippen molar-refractivity contribution in [2.45, 2.75) is 58.9 Å². The quantitative estimate of drug-likeness (QED) is 0.641. The minimum atomic E-state index is -0.399. The summed E-state index contributed by atoms with van der Waals surface area (Å²) in [6.07, 6.45) is 4.78. The molecule has 1 atom stereocenters. The summed E-state index contributed by atoms with van der Waals surface area (Å²) >= 11 is 0.896. The number of methoxy groups -OCH3 is 1. The smallest absolute Gasteiger partial charge is 0.294 e. The Balaban J connectivity index is 1.81. The molecule has 2 saturated heterocycles. The molecule has 0 bridgehead atoms. The number of rotatable bonds is 5. The lowest BCUT2D eigenvalue weighted by Crippen LogP contribution is -2.47. The summed E-state index contributed by atoms with van der Waals surface area (Å²) < 4.78 is 5.48. The Labute approximate surface area is 182 Å². The fraction of sp³-hybridized carbons (Fsp3) is 0.522. The van der Waals surface area contributed by atoms with Gasteiger partial charge in [-0.25, -0.2) is 0 Å². The second-order valence-electron chi connectivity index (χ2n) is 8.31.